The van der Waals surface area contributed by atoms with E-state index in [0.29, 0.717) is 5.92 Å². The summed E-state index contributed by atoms with van der Waals surface area (Å²) >= 11 is 0. The van der Waals surface area contributed by atoms with Crippen LogP contribution in [0.15, 0.2) is 36.7 Å². The fraction of sp³-hybridized carbons (Fsp3) is 0.730. The molecule has 0 aliphatic heterocycles. The van der Waals surface area contributed by atoms with Crippen molar-refractivity contribution in [2.75, 3.05) is 6.61 Å². The number of nitrogens with zero attached hydrogens (tertiary/aromatic N) is 2. The highest BCUT2D eigenvalue weighted by atomic mass is 16.5. The third-order valence-corrected chi connectivity index (χ3v) is 10.0. The van der Waals surface area contributed by atoms with E-state index >= 15 is 0 Å². The summed E-state index contributed by atoms with van der Waals surface area (Å²) in [4.78, 5) is 9.42. The number of ether oxygens (including phenoxy) is 1. The van der Waals surface area contributed by atoms with Gasteiger partial charge in [0.2, 0.25) is 0 Å². The average Bonchev–Trinajstić information content (AvgIpc) is 3.01. The fourth-order valence-electron chi connectivity index (χ4n) is 7.13. The molecule has 0 bridgehead atoms. The van der Waals surface area contributed by atoms with Gasteiger partial charge in [0.05, 0.1) is 6.61 Å². The Bertz CT molecular complexity index is 908. The molecule has 3 nitrogen and oxygen atoms in total. The van der Waals surface area contributed by atoms with Gasteiger partial charge in [0.15, 0.2) is 5.82 Å². The molecule has 0 amide bonds. The lowest BCUT2D eigenvalue weighted by Crippen LogP contribution is -2.20. The van der Waals surface area contributed by atoms with E-state index in [2.05, 4.69) is 38.1 Å². The Labute approximate surface area is 246 Å². The van der Waals surface area contributed by atoms with Crippen LogP contribution in [0.3, 0.4) is 0 Å². The monoisotopic (exact) mass is 546 g/mol. The maximum atomic E-state index is 6.18. The lowest BCUT2D eigenvalue weighted by molar-refractivity contribution is 0.177. The van der Waals surface area contributed by atoms with Crippen LogP contribution in [0.2, 0.25) is 0 Å². The van der Waals surface area contributed by atoms with E-state index in [-0.39, 0.29) is 0 Å². The standard InChI is InChI=1S/C37H58N2O/c1-3-5-7-8-10-12-31-13-15-32(16-14-31)19-22-34-27-38-37(39-28-34)35-23-25-36(26-24-35)40-29-33-20-17-30(18-21-33)11-9-6-4-2/h23-28,30-33H,3-22,29H2,1-2H3/t30-,31-,32-,33-. The van der Waals surface area contributed by atoms with Crippen LogP contribution >= 0.6 is 0 Å². The maximum Gasteiger partial charge on any atom is 0.159 e. The number of benzene rings is 1. The molecule has 40 heavy (non-hydrogen) atoms. The van der Waals surface area contributed by atoms with Crippen LogP contribution in [0, 0.1) is 23.7 Å². The summed E-state index contributed by atoms with van der Waals surface area (Å²) in [5, 5.41) is 0. The van der Waals surface area contributed by atoms with Gasteiger partial charge in [0, 0.05) is 18.0 Å². The van der Waals surface area contributed by atoms with Crippen molar-refractivity contribution in [3.05, 3.63) is 42.2 Å². The van der Waals surface area contributed by atoms with Crippen molar-refractivity contribution in [3.8, 4) is 17.1 Å². The van der Waals surface area contributed by atoms with Gasteiger partial charge in [-0.1, -0.05) is 117 Å². The highest BCUT2D eigenvalue weighted by Crippen LogP contribution is 2.35. The highest BCUT2D eigenvalue weighted by Gasteiger charge is 2.22. The van der Waals surface area contributed by atoms with Gasteiger partial charge in [-0.15, -0.1) is 0 Å². The molecule has 0 saturated heterocycles. The van der Waals surface area contributed by atoms with Crippen LogP contribution in [0.5, 0.6) is 5.75 Å². The van der Waals surface area contributed by atoms with Crippen molar-refractivity contribution in [2.24, 2.45) is 23.7 Å². The maximum absolute atomic E-state index is 6.18. The van der Waals surface area contributed by atoms with E-state index in [1.54, 1.807) is 0 Å². The number of aromatic nitrogens is 2. The molecule has 1 heterocycles. The highest BCUT2D eigenvalue weighted by molar-refractivity contribution is 5.55. The molecular formula is C37H58N2O. The number of rotatable bonds is 17. The topological polar surface area (TPSA) is 35.0 Å². The lowest BCUT2D eigenvalue weighted by Gasteiger charge is -2.28. The summed E-state index contributed by atoms with van der Waals surface area (Å²) in [5.74, 6) is 5.35. The fourth-order valence-corrected chi connectivity index (χ4v) is 7.13. The van der Waals surface area contributed by atoms with E-state index in [0.717, 1.165) is 47.9 Å². The van der Waals surface area contributed by atoms with Crippen molar-refractivity contribution in [2.45, 2.75) is 142 Å². The van der Waals surface area contributed by atoms with Crippen molar-refractivity contribution >= 4 is 0 Å². The Hall–Kier alpha value is -1.90. The Kier molecular flexibility index (Phi) is 13.8. The molecule has 3 heteroatoms. The zero-order valence-electron chi connectivity index (χ0n) is 25.9. The summed E-state index contributed by atoms with van der Waals surface area (Å²) in [6, 6.07) is 8.39. The molecule has 0 unspecified atom stereocenters. The zero-order valence-corrected chi connectivity index (χ0v) is 25.9. The van der Waals surface area contributed by atoms with Crippen molar-refractivity contribution < 1.29 is 4.74 Å². The summed E-state index contributed by atoms with van der Waals surface area (Å²) in [5.41, 5.74) is 2.35. The summed E-state index contributed by atoms with van der Waals surface area (Å²) in [7, 11) is 0. The van der Waals surface area contributed by atoms with Crippen molar-refractivity contribution in [3.63, 3.8) is 0 Å². The molecule has 2 aliphatic rings. The number of hydrogen-bond donors (Lipinski definition) is 0. The Morgan fingerprint density at radius 3 is 1.70 bits per heavy atom. The Morgan fingerprint density at radius 2 is 1.10 bits per heavy atom. The van der Waals surface area contributed by atoms with Gasteiger partial charge in [-0.05, 0) is 79.2 Å². The number of aryl methyl sites for hydroxylation is 1. The van der Waals surface area contributed by atoms with E-state index < -0.39 is 0 Å². The SMILES string of the molecule is CCCCCCC[C@H]1CC[C@H](CCc2cnc(-c3ccc(OC[C@H]4CC[C@H](CCCCC)CC4)cc3)nc2)CC1. The van der Waals surface area contributed by atoms with E-state index in [1.807, 2.05) is 12.4 Å². The first-order chi connectivity index (χ1) is 19.7. The van der Waals surface area contributed by atoms with E-state index in [4.69, 9.17) is 14.7 Å². The van der Waals surface area contributed by atoms with Crippen LogP contribution in [0.25, 0.3) is 11.4 Å². The Balaban J connectivity index is 1.11. The molecule has 222 valence electrons. The molecule has 1 aromatic heterocycles. The van der Waals surface area contributed by atoms with Crippen LogP contribution in [0.4, 0.5) is 0 Å². The summed E-state index contributed by atoms with van der Waals surface area (Å²) in [6.07, 6.45) is 31.9. The van der Waals surface area contributed by atoms with Gasteiger partial charge in [0.25, 0.3) is 0 Å². The third-order valence-electron chi connectivity index (χ3n) is 10.0. The molecule has 2 saturated carbocycles. The van der Waals surface area contributed by atoms with Crippen LogP contribution < -0.4 is 4.74 Å². The first-order valence-electron chi connectivity index (χ1n) is 17.3. The molecule has 2 aromatic rings. The summed E-state index contributed by atoms with van der Waals surface area (Å²) in [6.45, 7) is 5.46. The van der Waals surface area contributed by atoms with Crippen LogP contribution in [-0.2, 0) is 6.42 Å². The van der Waals surface area contributed by atoms with Crippen LogP contribution in [0.1, 0.15) is 141 Å². The van der Waals surface area contributed by atoms with Crippen molar-refractivity contribution in [1.29, 1.82) is 0 Å². The van der Waals surface area contributed by atoms with Gasteiger partial charge >= 0.3 is 0 Å². The minimum Gasteiger partial charge on any atom is -0.493 e. The first kappa shape index (κ1) is 31.0. The van der Waals surface area contributed by atoms with Gasteiger partial charge < -0.3 is 4.74 Å². The molecule has 0 radical (unpaired) electrons. The predicted molar refractivity (Wildman–Crippen MR) is 170 cm³/mol. The second-order valence-corrected chi connectivity index (χ2v) is 13.3. The molecule has 1 aromatic carbocycles. The first-order valence-corrected chi connectivity index (χ1v) is 17.3. The quantitative estimate of drug-likeness (QED) is 0.185. The molecule has 2 fully saturated rings. The Morgan fingerprint density at radius 1 is 0.600 bits per heavy atom. The van der Waals surface area contributed by atoms with Gasteiger partial charge in [-0.3, -0.25) is 0 Å². The second kappa shape index (κ2) is 17.8. The summed E-state index contributed by atoms with van der Waals surface area (Å²) < 4.78 is 6.18. The molecule has 0 atom stereocenters. The third kappa shape index (κ3) is 10.8. The largest absolute Gasteiger partial charge is 0.493 e. The normalized spacial score (nSPS) is 23.2. The second-order valence-electron chi connectivity index (χ2n) is 13.3. The molecule has 2 aliphatic carbocycles. The van der Waals surface area contributed by atoms with E-state index in [1.165, 1.54) is 128 Å². The van der Waals surface area contributed by atoms with Crippen LogP contribution in [-0.4, -0.2) is 16.6 Å². The molecule has 0 N–H and O–H groups in total. The van der Waals surface area contributed by atoms with Gasteiger partial charge in [-0.2, -0.15) is 0 Å². The van der Waals surface area contributed by atoms with Crippen molar-refractivity contribution in [1.82, 2.24) is 9.97 Å². The number of hydrogen-bond acceptors (Lipinski definition) is 3. The van der Waals surface area contributed by atoms with E-state index in [9.17, 15) is 0 Å². The smallest absolute Gasteiger partial charge is 0.159 e. The molecule has 4 rings (SSSR count). The van der Waals surface area contributed by atoms with Gasteiger partial charge in [-0.25, -0.2) is 9.97 Å². The minimum absolute atomic E-state index is 0.716. The molecule has 0 spiro atoms. The average molecular weight is 547 g/mol. The minimum atomic E-state index is 0.716. The zero-order chi connectivity index (χ0) is 27.8. The van der Waals surface area contributed by atoms with Gasteiger partial charge in [0.1, 0.15) is 5.75 Å². The lowest BCUT2D eigenvalue weighted by atomic mass is 9.78. The predicted octanol–water partition coefficient (Wildman–Crippen LogP) is 11.0. The number of unbranched alkanes of at least 4 members (excludes halogenated alkanes) is 6. The molecular weight excluding hydrogens is 488 g/mol.